The fraction of sp³-hybridized carbons (Fsp3) is 0.353. The van der Waals surface area contributed by atoms with E-state index < -0.39 is 0 Å². The molecule has 0 saturated carbocycles. The van der Waals surface area contributed by atoms with E-state index in [2.05, 4.69) is 41.8 Å². The average Bonchev–Trinajstić information content (AvgIpc) is 3.09. The van der Waals surface area contributed by atoms with Crippen molar-refractivity contribution in [2.75, 3.05) is 6.26 Å². The molecule has 0 fully saturated rings. The Morgan fingerprint density at radius 1 is 1.27 bits per heavy atom. The van der Waals surface area contributed by atoms with Gasteiger partial charge in [-0.2, -0.15) is 11.8 Å². The number of aryl methyl sites for hydroxylation is 1. The van der Waals surface area contributed by atoms with Crippen LogP contribution in [-0.4, -0.2) is 22.6 Å². The van der Waals surface area contributed by atoms with E-state index in [1.165, 1.54) is 27.8 Å². The van der Waals surface area contributed by atoms with Gasteiger partial charge in [-0.1, -0.05) is 36.8 Å². The van der Waals surface area contributed by atoms with E-state index in [4.69, 9.17) is 5.21 Å². The second-order valence-corrected chi connectivity index (χ2v) is 7.11. The summed E-state index contributed by atoms with van der Waals surface area (Å²) >= 11 is 3.23. The summed E-state index contributed by atoms with van der Waals surface area (Å²) in [6.07, 6.45) is 5.73. The van der Waals surface area contributed by atoms with Gasteiger partial charge >= 0.3 is 0 Å². The molecule has 2 N–H and O–H groups in total. The summed E-state index contributed by atoms with van der Waals surface area (Å²) in [5, 5.41) is 10.6. The summed E-state index contributed by atoms with van der Waals surface area (Å²) < 4.78 is 0. The van der Waals surface area contributed by atoms with E-state index in [9.17, 15) is 4.79 Å². The number of thioether (sulfide) groups is 1. The Hall–Kier alpha value is -1.30. The number of hydrogen-bond acceptors (Lipinski definition) is 4. The third-order valence-electron chi connectivity index (χ3n) is 3.63. The molecule has 1 atom stereocenters. The molecular weight excluding hydrogens is 314 g/mol. The summed E-state index contributed by atoms with van der Waals surface area (Å²) in [5.41, 5.74) is 4.33. The topological polar surface area (TPSA) is 49.3 Å². The number of rotatable bonds is 8. The van der Waals surface area contributed by atoms with Gasteiger partial charge in [-0.15, -0.1) is 11.3 Å². The van der Waals surface area contributed by atoms with Crippen molar-refractivity contribution in [3.63, 3.8) is 0 Å². The Kier molecular flexibility index (Phi) is 6.96. The van der Waals surface area contributed by atoms with Crippen molar-refractivity contribution in [1.29, 1.82) is 0 Å². The molecule has 3 nitrogen and oxygen atoms in total. The lowest BCUT2D eigenvalue weighted by Gasteiger charge is -2.11. The van der Waals surface area contributed by atoms with Crippen molar-refractivity contribution in [3.8, 4) is 10.4 Å². The van der Waals surface area contributed by atoms with Crippen LogP contribution in [0.1, 0.15) is 24.8 Å². The molecule has 22 heavy (non-hydrogen) atoms. The smallest absolute Gasteiger partial charge is 0.256 e. The summed E-state index contributed by atoms with van der Waals surface area (Å²) in [5.74, 6) is -0.298. The second-order valence-electron chi connectivity index (χ2n) is 5.12. The number of carbonyl (C=O) groups is 1. The van der Waals surface area contributed by atoms with E-state index in [1.807, 2.05) is 6.26 Å². The number of hydroxylamine groups is 1. The normalized spacial score (nSPS) is 12.1. The fourth-order valence-electron chi connectivity index (χ4n) is 2.37. The number of thiophene rings is 1. The van der Waals surface area contributed by atoms with Crippen molar-refractivity contribution in [3.05, 3.63) is 47.3 Å². The minimum Gasteiger partial charge on any atom is -0.289 e. The van der Waals surface area contributed by atoms with Crippen LogP contribution in [0.4, 0.5) is 0 Å². The molecule has 2 rings (SSSR count). The molecule has 1 aromatic carbocycles. The van der Waals surface area contributed by atoms with Crippen molar-refractivity contribution < 1.29 is 10.0 Å². The molecule has 2 aromatic rings. The number of nitrogens with one attached hydrogen (secondary N) is 1. The highest BCUT2D eigenvalue weighted by atomic mass is 32.2. The van der Waals surface area contributed by atoms with Crippen LogP contribution < -0.4 is 5.48 Å². The maximum atomic E-state index is 11.4. The standard InChI is InChI=1S/C17H21NO2S2/c1-21-16(17(19)18-20)6-3-2-5-13-8-10-14(11-9-13)15-7-4-12-22-15/h4,7-12,16,20H,2-3,5-6H2,1H3,(H,18,19). The molecular formula is C17H21NO2S2. The van der Waals surface area contributed by atoms with Crippen molar-refractivity contribution >= 4 is 29.0 Å². The Morgan fingerprint density at radius 2 is 2.05 bits per heavy atom. The summed E-state index contributed by atoms with van der Waals surface area (Å²) in [6.45, 7) is 0. The molecule has 0 radical (unpaired) electrons. The maximum Gasteiger partial charge on any atom is 0.256 e. The fourth-order valence-corrected chi connectivity index (χ4v) is 3.77. The van der Waals surface area contributed by atoms with Crippen LogP contribution in [0.15, 0.2) is 41.8 Å². The maximum absolute atomic E-state index is 11.4. The number of hydrogen-bond donors (Lipinski definition) is 2. The van der Waals surface area contributed by atoms with Crippen molar-refractivity contribution in [2.45, 2.75) is 30.9 Å². The molecule has 118 valence electrons. The third kappa shape index (κ3) is 4.87. The summed E-state index contributed by atoms with van der Waals surface area (Å²) in [7, 11) is 0. The molecule has 0 aliphatic rings. The molecule has 0 spiro atoms. The first kappa shape index (κ1) is 17.1. The van der Waals surface area contributed by atoms with Gasteiger partial charge in [0.15, 0.2) is 0 Å². The Balaban J connectivity index is 1.76. The van der Waals surface area contributed by atoms with E-state index in [0.717, 1.165) is 25.7 Å². The first-order valence-corrected chi connectivity index (χ1v) is 9.51. The third-order valence-corrected chi connectivity index (χ3v) is 5.57. The van der Waals surface area contributed by atoms with Gasteiger partial charge in [0, 0.05) is 4.88 Å². The number of carbonyl (C=O) groups excluding carboxylic acids is 1. The van der Waals surface area contributed by atoms with Gasteiger partial charge in [0.05, 0.1) is 5.25 Å². The highest BCUT2D eigenvalue weighted by Crippen LogP contribution is 2.25. The van der Waals surface area contributed by atoms with Crippen LogP contribution in [-0.2, 0) is 11.2 Å². The molecule has 1 amide bonds. The largest absolute Gasteiger partial charge is 0.289 e. The molecule has 0 aliphatic heterocycles. The number of unbranched alkanes of at least 4 members (excludes halogenated alkanes) is 1. The Bertz CT molecular complexity index is 567. The van der Waals surface area contributed by atoms with Gasteiger partial charge in [0.25, 0.3) is 5.91 Å². The second kappa shape index (κ2) is 8.98. The molecule has 1 heterocycles. The van der Waals surface area contributed by atoms with Gasteiger partial charge in [0.1, 0.15) is 0 Å². The lowest BCUT2D eigenvalue weighted by molar-refractivity contribution is -0.128. The SMILES string of the molecule is CSC(CCCCc1ccc(-c2cccs2)cc1)C(=O)NO. The van der Waals surface area contributed by atoms with Crippen LogP contribution in [0.3, 0.4) is 0 Å². The lowest BCUT2D eigenvalue weighted by atomic mass is 10.0. The van der Waals surface area contributed by atoms with E-state index in [-0.39, 0.29) is 11.2 Å². The van der Waals surface area contributed by atoms with Crippen LogP contribution in [0.25, 0.3) is 10.4 Å². The van der Waals surface area contributed by atoms with Gasteiger partial charge < -0.3 is 0 Å². The molecule has 1 aromatic heterocycles. The van der Waals surface area contributed by atoms with Gasteiger partial charge in [0.2, 0.25) is 0 Å². The van der Waals surface area contributed by atoms with E-state index in [1.54, 1.807) is 16.8 Å². The molecule has 0 bridgehead atoms. The zero-order valence-electron chi connectivity index (χ0n) is 12.6. The average molecular weight is 335 g/mol. The highest BCUT2D eigenvalue weighted by molar-refractivity contribution is 7.99. The molecule has 1 unspecified atom stereocenters. The Morgan fingerprint density at radius 3 is 2.64 bits per heavy atom. The van der Waals surface area contributed by atoms with Gasteiger partial charge in [-0.25, -0.2) is 5.48 Å². The van der Waals surface area contributed by atoms with E-state index >= 15 is 0 Å². The van der Waals surface area contributed by atoms with Crippen LogP contribution in [0.2, 0.25) is 0 Å². The minimum absolute atomic E-state index is 0.161. The minimum atomic E-state index is -0.298. The summed E-state index contributed by atoms with van der Waals surface area (Å²) in [6, 6.07) is 12.9. The van der Waals surface area contributed by atoms with Crippen LogP contribution in [0, 0.1) is 0 Å². The zero-order valence-corrected chi connectivity index (χ0v) is 14.3. The lowest BCUT2D eigenvalue weighted by Crippen LogP contribution is -2.29. The molecule has 0 aliphatic carbocycles. The Labute approximate surface area is 139 Å². The van der Waals surface area contributed by atoms with E-state index in [0.29, 0.717) is 0 Å². The number of amides is 1. The highest BCUT2D eigenvalue weighted by Gasteiger charge is 2.15. The van der Waals surface area contributed by atoms with Gasteiger partial charge in [-0.3, -0.25) is 10.0 Å². The first-order chi connectivity index (χ1) is 10.7. The van der Waals surface area contributed by atoms with Crippen molar-refractivity contribution in [1.82, 2.24) is 5.48 Å². The molecule has 5 heteroatoms. The number of benzene rings is 1. The van der Waals surface area contributed by atoms with Crippen LogP contribution >= 0.6 is 23.1 Å². The monoisotopic (exact) mass is 335 g/mol. The van der Waals surface area contributed by atoms with Crippen molar-refractivity contribution in [2.24, 2.45) is 0 Å². The zero-order chi connectivity index (χ0) is 15.8. The predicted molar refractivity (Wildman–Crippen MR) is 94.5 cm³/mol. The quantitative estimate of drug-likeness (QED) is 0.428. The summed E-state index contributed by atoms with van der Waals surface area (Å²) in [4.78, 5) is 12.7. The van der Waals surface area contributed by atoms with Crippen LogP contribution in [0.5, 0.6) is 0 Å². The first-order valence-electron chi connectivity index (χ1n) is 7.34. The molecule has 0 saturated heterocycles. The predicted octanol–water partition coefficient (Wildman–Crippen LogP) is 4.36. The van der Waals surface area contributed by atoms with Gasteiger partial charge in [-0.05, 0) is 48.1 Å².